The smallest absolute Gasteiger partial charge is 0.230 e. The third-order valence-electron chi connectivity index (χ3n) is 7.66. The molecule has 36 heavy (non-hydrogen) atoms. The number of anilines is 2. The summed E-state index contributed by atoms with van der Waals surface area (Å²) in [4.78, 5) is 30.4. The van der Waals surface area contributed by atoms with Gasteiger partial charge in [0.05, 0.1) is 18.7 Å². The van der Waals surface area contributed by atoms with Crippen molar-refractivity contribution >= 4 is 23.2 Å². The van der Waals surface area contributed by atoms with Gasteiger partial charge in [0.25, 0.3) is 0 Å². The van der Waals surface area contributed by atoms with Crippen molar-refractivity contribution in [2.75, 3.05) is 43.5 Å². The van der Waals surface area contributed by atoms with Gasteiger partial charge in [-0.25, -0.2) is 0 Å². The lowest BCUT2D eigenvalue weighted by Crippen LogP contribution is -2.42. The normalized spacial score (nSPS) is 15.0. The lowest BCUT2D eigenvalue weighted by atomic mass is 9.79. The van der Waals surface area contributed by atoms with Gasteiger partial charge < -0.3 is 19.9 Å². The summed E-state index contributed by atoms with van der Waals surface area (Å²) in [6, 6.07) is 16.2. The monoisotopic (exact) mass is 493 g/mol. The first-order valence-corrected chi connectivity index (χ1v) is 13.5. The zero-order valence-electron chi connectivity index (χ0n) is 22.6. The zero-order valence-corrected chi connectivity index (χ0v) is 22.6. The number of likely N-dealkylation sites (N-methyl/N-ethyl adjacent to an activating group) is 1. The van der Waals surface area contributed by atoms with Crippen LogP contribution in [0.2, 0.25) is 0 Å². The molecule has 2 aromatic carbocycles. The van der Waals surface area contributed by atoms with Crippen LogP contribution in [-0.4, -0.2) is 50.0 Å². The predicted octanol–water partition coefficient (Wildman–Crippen LogP) is 5.94. The molecule has 1 aliphatic rings. The summed E-state index contributed by atoms with van der Waals surface area (Å²) >= 11 is 0. The van der Waals surface area contributed by atoms with Crippen LogP contribution in [0, 0.1) is 11.8 Å². The number of benzene rings is 2. The van der Waals surface area contributed by atoms with Crippen LogP contribution in [0.4, 0.5) is 11.4 Å². The van der Waals surface area contributed by atoms with E-state index >= 15 is 0 Å². The molecule has 0 aromatic heterocycles. The summed E-state index contributed by atoms with van der Waals surface area (Å²) in [7, 11) is 1.67. The van der Waals surface area contributed by atoms with Crippen molar-refractivity contribution in [3.05, 3.63) is 54.1 Å². The van der Waals surface area contributed by atoms with Crippen LogP contribution in [0.1, 0.15) is 64.9 Å². The van der Waals surface area contributed by atoms with Crippen molar-refractivity contribution in [3.63, 3.8) is 0 Å². The number of nitrogens with one attached hydrogen (secondary N) is 1. The van der Waals surface area contributed by atoms with Crippen molar-refractivity contribution in [2.24, 2.45) is 11.8 Å². The fourth-order valence-electron chi connectivity index (χ4n) is 5.40. The molecule has 6 heteroatoms. The second-order valence-corrected chi connectivity index (χ2v) is 9.61. The van der Waals surface area contributed by atoms with Gasteiger partial charge in [0.2, 0.25) is 11.8 Å². The highest BCUT2D eigenvalue weighted by Gasteiger charge is 2.35. The Hall–Kier alpha value is -3.02. The Labute approximate surface area is 217 Å². The lowest BCUT2D eigenvalue weighted by molar-refractivity contribution is -0.134. The maximum absolute atomic E-state index is 13.5. The van der Waals surface area contributed by atoms with Gasteiger partial charge >= 0.3 is 0 Å². The maximum atomic E-state index is 13.5. The Morgan fingerprint density at radius 1 is 1.00 bits per heavy atom. The van der Waals surface area contributed by atoms with Gasteiger partial charge in [-0.05, 0) is 63.1 Å². The minimum atomic E-state index is -0.113. The van der Waals surface area contributed by atoms with Crippen molar-refractivity contribution in [1.29, 1.82) is 0 Å². The number of rotatable bonds is 11. The van der Waals surface area contributed by atoms with E-state index < -0.39 is 0 Å². The zero-order chi connectivity index (χ0) is 26.1. The summed E-state index contributed by atoms with van der Waals surface area (Å²) < 4.78 is 5.72. The Morgan fingerprint density at radius 3 is 2.19 bits per heavy atom. The van der Waals surface area contributed by atoms with E-state index in [1.807, 2.05) is 55.1 Å². The Morgan fingerprint density at radius 2 is 1.64 bits per heavy atom. The molecule has 1 unspecified atom stereocenters. The molecule has 1 heterocycles. The lowest BCUT2D eigenvalue weighted by Gasteiger charge is -2.38. The number of nitrogens with zero attached hydrogens (tertiary/aromatic N) is 2. The molecular weight excluding hydrogens is 450 g/mol. The van der Waals surface area contributed by atoms with Crippen molar-refractivity contribution in [1.82, 2.24) is 4.90 Å². The molecular formula is C30H43N3O3. The largest absolute Gasteiger partial charge is 0.495 e. The summed E-state index contributed by atoms with van der Waals surface area (Å²) in [5.41, 5.74) is 2.90. The summed E-state index contributed by atoms with van der Waals surface area (Å²) in [6.07, 6.45) is 3.52. The molecule has 1 N–H and O–H groups in total. The molecule has 0 radical (unpaired) electrons. The quantitative estimate of drug-likeness (QED) is 0.421. The number of ether oxygens (including phenoxy) is 1. The third kappa shape index (κ3) is 6.40. The van der Waals surface area contributed by atoms with Crippen LogP contribution >= 0.6 is 0 Å². The maximum Gasteiger partial charge on any atom is 0.230 e. The number of hydrogen-bond donors (Lipinski definition) is 1. The highest BCUT2D eigenvalue weighted by molar-refractivity contribution is 5.93. The minimum Gasteiger partial charge on any atom is -0.495 e. The molecule has 0 spiro atoms. The molecule has 0 aliphatic carbocycles. The van der Waals surface area contributed by atoms with E-state index in [1.165, 1.54) is 0 Å². The Balaban J connectivity index is 1.74. The van der Waals surface area contributed by atoms with Gasteiger partial charge in [0.1, 0.15) is 5.75 Å². The van der Waals surface area contributed by atoms with E-state index in [2.05, 4.69) is 36.2 Å². The number of carbonyl (C=O) groups excluding carboxylic acids is 2. The number of carbonyl (C=O) groups is 2. The van der Waals surface area contributed by atoms with E-state index in [1.54, 1.807) is 7.11 Å². The van der Waals surface area contributed by atoms with E-state index in [0.29, 0.717) is 5.92 Å². The predicted molar refractivity (Wildman–Crippen MR) is 148 cm³/mol. The van der Waals surface area contributed by atoms with Crippen LogP contribution in [-0.2, 0) is 9.59 Å². The molecule has 6 nitrogen and oxygen atoms in total. The second-order valence-electron chi connectivity index (χ2n) is 9.61. The molecule has 196 valence electrons. The fraction of sp³-hybridized carbons (Fsp3) is 0.533. The number of piperidine rings is 1. The average molecular weight is 494 g/mol. The molecule has 1 atom stereocenters. The fourth-order valence-corrected chi connectivity index (χ4v) is 5.40. The first-order valence-electron chi connectivity index (χ1n) is 13.5. The SMILES string of the molecule is CCC(CC)C(=O)Nc1ccc(N2CCC(C(C(=O)N(CC)CC)c3ccccc3)CC2)c(OC)c1. The molecule has 1 aliphatic heterocycles. The van der Waals surface area contributed by atoms with Gasteiger partial charge in [0.15, 0.2) is 0 Å². The summed E-state index contributed by atoms with van der Waals surface area (Å²) in [5.74, 6) is 1.25. The molecule has 1 saturated heterocycles. The van der Waals surface area contributed by atoms with Gasteiger partial charge in [-0.15, -0.1) is 0 Å². The van der Waals surface area contributed by atoms with Crippen LogP contribution < -0.4 is 15.0 Å². The highest BCUT2D eigenvalue weighted by Crippen LogP contribution is 2.38. The highest BCUT2D eigenvalue weighted by atomic mass is 16.5. The standard InChI is InChI=1S/C30H43N3O3/c1-6-22(7-2)29(34)31-25-15-16-26(27(21-25)36-5)33-19-17-24(18-20-33)28(23-13-11-10-12-14-23)30(35)32(8-3)9-4/h10-16,21-22,24,28H,6-9,17-20H2,1-5H3,(H,31,34). The van der Waals surface area contributed by atoms with E-state index in [4.69, 9.17) is 4.74 Å². The molecule has 2 amide bonds. The molecule has 2 aromatic rings. The first-order chi connectivity index (χ1) is 17.5. The van der Waals surface area contributed by atoms with Crippen LogP contribution in [0.3, 0.4) is 0 Å². The van der Waals surface area contributed by atoms with Gasteiger partial charge in [-0.2, -0.15) is 0 Å². The van der Waals surface area contributed by atoms with E-state index in [9.17, 15) is 9.59 Å². The first kappa shape index (κ1) is 27.6. The van der Waals surface area contributed by atoms with Crippen LogP contribution in [0.25, 0.3) is 0 Å². The molecule has 0 saturated carbocycles. The third-order valence-corrected chi connectivity index (χ3v) is 7.66. The topological polar surface area (TPSA) is 61.9 Å². The number of hydrogen-bond acceptors (Lipinski definition) is 4. The molecule has 3 rings (SSSR count). The minimum absolute atomic E-state index is 0.0197. The number of amides is 2. The Kier molecular flexibility index (Phi) is 10.2. The van der Waals surface area contributed by atoms with E-state index in [0.717, 1.165) is 74.6 Å². The van der Waals surface area contributed by atoms with E-state index in [-0.39, 0.29) is 23.7 Å². The van der Waals surface area contributed by atoms with Crippen molar-refractivity contribution < 1.29 is 14.3 Å². The summed E-state index contributed by atoms with van der Waals surface area (Å²) in [5, 5.41) is 3.04. The number of methoxy groups -OCH3 is 1. The molecule has 1 fully saturated rings. The van der Waals surface area contributed by atoms with Gasteiger partial charge in [0, 0.05) is 43.9 Å². The van der Waals surface area contributed by atoms with Gasteiger partial charge in [-0.3, -0.25) is 9.59 Å². The van der Waals surface area contributed by atoms with Crippen molar-refractivity contribution in [3.8, 4) is 5.75 Å². The van der Waals surface area contributed by atoms with Crippen LogP contribution in [0.5, 0.6) is 5.75 Å². The molecule has 0 bridgehead atoms. The van der Waals surface area contributed by atoms with Gasteiger partial charge in [-0.1, -0.05) is 44.2 Å². The summed E-state index contributed by atoms with van der Waals surface area (Å²) in [6.45, 7) is 11.4. The second kappa shape index (κ2) is 13.3. The van der Waals surface area contributed by atoms with Crippen molar-refractivity contribution in [2.45, 2.75) is 59.3 Å². The van der Waals surface area contributed by atoms with Crippen LogP contribution in [0.15, 0.2) is 48.5 Å². The average Bonchev–Trinajstić information content (AvgIpc) is 2.91. The Bertz CT molecular complexity index is 978.